The molecule has 0 aliphatic carbocycles. The Labute approximate surface area is 70.8 Å². The molecule has 1 aromatic heterocycles. The van der Waals surface area contributed by atoms with Crippen LogP contribution in [0.5, 0.6) is 0 Å². The Bertz CT molecular complexity index is 295. The first-order valence-electron chi connectivity index (χ1n) is 4.11. The molecular weight excluding hydrogens is 155 g/mol. The third kappa shape index (κ3) is 1.20. The van der Waals surface area contributed by atoms with Crippen molar-refractivity contribution in [2.45, 2.75) is 12.8 Å². The number of pyridine rings is 1. The molecule has 0 aromatic carbocycles. The first-order valence-corrected chi connectivity index (χ1v) is 4.11. The third-order valence-corrected chi connectivity index (χ3v) is 2.31. The molecule has 64 valence electrons. The fraction of sp³-hybridized carbons (Fsp3) is 0.444. The number of hydrogen-bond donors (Lipinski definition) is 1. The average Bonchev–Trinajstić information content (AvgIpc) is 1.91. The highest BCUT2D eigenvalue weighted by Crippen LogP contribution is 2.21. The minimum absolute atomic E-state index is 0.386. The lowest BCUT2D eigenvalue weighted by molar-refractivity contribution is 0.443. The molecule has 0 spiro atoms. The monoisotopic (exact) mass is 166 g/mol. The van der Waals surface area contributed by atoms with Crippen LogP contribution in [0, 0.1) is 12.9 Å². The van der Waals surface area contributed by atoms with Gasteiger partial charge in [-0.3, -0.25) is 0 Å². The van der Waals surface area contributed by atoms with Crippen LogP contribution in [0.4, 0.5) is 4.39 Å². The zero-order chi connectivity index (χ0) is 8.55. The van der Waals surface area contributed by atoms with E-state index in [9.17, 15) is 4.39 Å². The van der Waals surface area contributed by atoms with E-state index >= 15 is 0 Å². The number of halogens is 1. The van der Waals surface area contributed by atoms with Crippen molar-refractivity contribution in [3.05, 3.63) is 29.3 Å². The van der Waals surface area contributed by atoms with Gasteiger partial charge >= 0.3 is 0 Å². The first kappa shape index (κ1) is 7.68. The lowest BCUT2D eigenvalue weighted by Gasteiger charge is -2.28. The van der Waals surface area contributed by atoms with Crippen LogP contribution in [0.15, 0.2) is 12.1 Å². The summed E-state index contributed by atoms with van der Waals surface area (Å²) in [7, 11) is 0. The maximum atomic E-state index is 12.6. The van der Waals surface area contributed by atoms with Gasteiger partial charge in [-0.15, -0.1) is 0 Å². The van der Waals surface area contributed by atoms with Gasteiger partial charge in [0.05, 0.1) is 0 Å². The molecule has 0 unspecified atom stereocenters. The van der Waals surface area contributed by atoms with Crippen LogP contribution in [-0.2, 0) is 0 Å². The molecule has 1 saturated heterocycles. The van der Waals surface area contributed by atoms with Crippen LogP contribution in [0.3, 0.4) is 0 Å². The van der Waals surface area contributed by atoms with E-state index in [2.05, 4.69) is 10.3 Å². The Morgan fingerprint density at radius 2 is 2.25 bits per heavy atom. The van der Waals surface area contributed by atoms with Crippen molar-refractivity contribution in [2.24, 2.45) is 0 Å². The molecule has 0 radical (unpaired) electrons. The molecular formula is C9H11FN2. The van der Waals surface area contributed by atoms with Crippen LogP contribution in [0.2, 0.25) is 0 Å². The van der Waals surface area contributed by atoms with E-state index in [1.165, 1.54) is 11.6 Å². The Balaban J connectivity index is 2.31. The summed E-state index contributed by atoms with van der Waals surface area (Å²) in [6, 6.07) is 3.27. The summed E-state index contributed by atoms with van der Waals surface area (Å²) < 4.78 is 12.6. The first-order chi connectivity index (χ1) is 5.77. The van der Waals surface area contributed by atoms with Crippen LogP contribution in [0.25, 0.3) is 0 Å². The Hall–Kier alpha value is -0.960. The van der Waals surface area contributed by atoms with E-state index in [1.54, 1.807) is 0 Å². The van der Waals surface area contributed by atoms with E-state index in [0.717, 1.165) is 18.8 Å². The van der Waals surface area contributed by atoms with Crippen molar-refractivity contribution in [3.8, 4) is 0 Å². The summed E-state index contributed by atoms with van der Waals surface area (Å²) in [4.78, 5) is 3.78. The van der Waals surface area contributed by atoms with Crippen LogP contribution in [-0.4, -0.2) is 18.1 Å². The van der Waals surface area contributed by atoms with Gasteiger partial charge in [-0.05, 0) is 18.6 Å². The standard InChI is InChI=1S/C9H11FN2/c1-6-8(7-4-11-5-7)2-3-9(10)12-6/h2-3,7,11H,4-5H2,1H3. The summed E-state index contributed by atoms with van der Waals surface area (Å²) in [6.45, 7) is 3.85. The maximum Gasteiger partial charge on any atom is 0.213 e. The van der Waals surface area contributed by atoms with Gasteiger partial charge in [0.25, 0.3) is 0 Å². The van der Waals surface area contributed by atoms with Crippen molar-refractivity contribution in [2.75, 3.05) is 13.1 Å². The van der Waals surface area contributed by atoms with Gasteiger partial charge in [0.15, 0.2) is 0 Å². The molecule has 1 fully saturated rings. The number of hydrogen-bond acceptors (Lipinski definition) is 2. The van der Waals surface area contributed by atoms with Gasteiger partial charge in [0.1, 0.15) is 0 Å². The van der Waals surface area contributed by atoms with E-state index in [4.69, 9.17) is 0 Å². The van der Waals surface area contributed by atoms with Gasteiger partial charge in [-0.25, -0.2) is 4.98 Å². The zero-order valence-electron chi connectivity index (χ0n) is 6.97. The van der Waals surface area contributed by atoms with Gasteiger partial charge in [0.2, 0.25) is 5.95 Å². The number of aromatic nitrogens is 1. The molecule has 0 atom stereocenters. The summed E-state index contributed by atoms with van der Waals surface area (Å²) in [6.07, 6.45) is 0. The fourth-order valence-electron chi connectivity index (χ4n) is 1.48. The number of nitrogens with zero attached hydrogens (tertiary/aromatic N) is 1. The molecule has 1 aliphatic heterocycles. The van der Waals surface area contributed by atoms with E-state index in [0.29, 0.717) is 5.92 Å². The SMILES string of the molecule is Cc1nc(F)ccc1C1CNC1. The van der Waals surface area contributed by atoms with Crippen molar-refractivity contribution in [1.82, 2.24) is 10.3 Å². The second-order valence-corrected chi connectivity index (χ2v) is 3.16. The molecule has 2 nitrogen and oxygen atoms in total. The van der Waals surface area contributed by atoms with Gasteiger partial charge in [-0.2, -0.15) is 4.39 Å². The molecule has 12 heavy (non-hydrogen) atoms. The molecule has 0 amide bonds. The lowest BCUT2D eigenvalue weighted by atomic mass is 9.93. The normalized spacial score (nSPS) is 17.5. The summed E-state index contributed by atoms with van der Waals surface area (Å²) in [5.74, 6) is 0.154. The molecule has 3 heteroatoms. The fourth-order valence-corrected chi connectivity index (χ4v) is 1.48. The lowest BCUT2D eigenvalue weighted by Crippen LogP contribution is -2.40. The molecule has 2 rings (SSSR count). The van der Waals surface area contributed by atoms with Crippen molar-refractivity contribution in [1.29, 1.82) is 0 Å². The summed E-state index contributed by atoms with van der Waals surface area (Å²) >= 11 is 0. The van der Waals surface area contributed by atoms with Crippen LogP contribution in [0.1, 0.15) is 17.2 Å². The van der Waals surface area contributed by atoms with Gasteiger partial charge in [-0.1, -0.05) is 6.07 Å². The van der Waals surface area contributed by atoms with Crippen LogP contribution < -0.4 is 5.32 Å². The smallest absolute Gasteiger partial charge is 0.213 e. The second kappa shape index (κ2) is 2.83. The number of aryl methyl sites for hydroxylation is 1. The van der Waals surface area contributed by atoms with Gasteiger partial charge < -0.3 is 5.32 Å². The summed E-state index contributed by atoms with van der Waals surface area (Å²) in [5.41, 5.74) is 2.00. The average molecular weight is 166 g/mol. The van der Waals surface area contributed by atoms with E-state index < -0.39 is 0 Å². The zero-order valence-corrected chi connectivity index (χ0v) is 6.97. The highest BCUT2D eigenvalue weighted by Gasteiger charge is 2.20. The Kier molecular flexibility index (Phi) is 1.81. The highest BCUT2D eigenvalue weighted by atomic mass is 19.1. The molecule has 1 N–H and O–H groups in total. The van der Waals surface area contributed by atoms with Crippen molar-refractivity contribution in [3.63, 3.8) is 0 Å². The molecule has 1 aliphatic rings. The Morgan fingerprint density at radius 3 is 2.75 bits per heavy atom. The topological polar surface area (TPSA) is 24.9 Å². The minimum Gasteiger partial charge on any atom is -0.315 e. The molecule has 0 saturated carbocycles. The van der Waals surface area contributed by atoms with E-state index in [1.807, 2.05) is 13.0 Å². The maximum absolute atomic E-state index is 12.6. The van der Waals surface area contributed by atoms with Crippen molar-refractivity contribution >= 4 is 0 Å². The number of nitrogens with one attached hydrogen (secondary N) is 1. The van der Waals surface area contributed by atoms with Crippen LogP contribution >= 0.6 is 0 Å². The van der Waals surface area contributed by atoms with Gasteiger partial charge in [0, 0.05) is 24.7 Å². The largest absolute Gasteiger partial charge is 0.315 e. The Morgan fingerprint density at radius 1 is 1.50 bits per heavy atom. The molecule has 2 heterocycles. The van der Waals surface area contributed by atoms with E-state index in [-0.39, 0.29) is 5.95 Å². The minimum atomic E-state index is -0.386. The highest BCUT2D eigenvalue weighted by molar-refractivity contribution is 5.26. The van der Waals surface area contributed by atoms with Crippen molar-refractivity contribution < 1.29 is 4.39 Å². The number of rotatable bonds is 1. The molecule has 1 aromatic rings. The third-order valence-electron chi connectivity index (χ3n) is 2.31. The summed E-state index contributed by atoms with van der Waals surface area (Å²) in [5, 5.41) is 3.18. The quantitative estimate of drug-likeness (QED) is 0.634. The molecule has 0 bridgehead atoms. The second-order valence-electron chi connectivity index (χ2n) is 3.16. The predicted molar refractivity (Wildman–Crippen MR) is 44.5 cm³/mol. The predicted octanol–water partition coefficient (Wildman–Crippen LogP) is 1.22.